The van der Waals surface area contributed by atoms with Crippen LogP contribution in [0.25, 0.3) is 0 Å². The fourth-order valence-electron chi connectivity index (χ4n) is 2.33. The molecule has 0 spiro atoms. The van der Waals surface area contributed by atoms with E-state index in [0.29, 0.717) is 13.2 Å². The Hall–Kier alpha value is -0.990. The molecule has 0 saturated carbocycles. The van der Waals surface area contributed by atoms with Gasteiger partial charge in [-0.25, -0.2) is 8.42 Å². The van der Waals surface area contributed by atoms with Gasteiger partial charge in [-0.2, -0.15) is 0 Å². The van der Waals surface area contributed by atoms with E-state index in [4.69, 9.17) is 18.9 Å². The minimum atomic E-state index is -3.48. The Balaban J connectivity index is 1.90. The molecule has 0 bridgehead atoms. The van der Waals surface area contributed by atoms with Gasteiger partial charge < -0.3 is 18.9 Å². The first kappa shape index (κ1) is 18.4. The first-order chi connectivity index (χ1) is 11.1. The van der Waals surface area contributed by atoms with Crippen molar-refractivity contribution >= 4 is 9.84 Å². The van der Waals surface area contributed by atoms with Crippen LogP contribution in [-0.4, -0.2) is 53.2 Å². The molecule has 1 aliphatic heterocycles. The van der Waals surface area contributed by atoms with E-state index in [0.717, 1.165) is 12.8 Å². The van der Waals surface area contributed by atoms with Gasteiger partial charge in [0.2, 0.25) is 9.84 Å². The number of hydrogen-bond donors (Lipinski definition) is 0. The lowest BCUT2D eigenvalue weighted by molar-refractivity contribution is -0.105. The highest BCUT2D eigenvalue weighted by atomic mass is 32.2. The molecule has 1 saturated heterocycles. The summed E-state index contributed by atoms with van der Waals surface area (Å²) in [5, 5.41) is 0. The highest BCUT2D eigenvalue weighted by molar-refractivity contribution is 7.92. The minimum absolute atomic E-state index is 0.103. The van der Waals surface area contributed by atoms with Crippen LogP contribution < -0.4 is 0 Å². The summed E-state index contributed by atoms with van der Waals surface area (Å²) in [6.07, 6.45) is 0.872. The Labute approximate surface area is 137 Å². The van der Waals surface area contributed by atoms with E-state index in [1.165, 1.54) is 0 Å². The normalized spacial score (nSPS) is 22.0. The molecular formula is C16H24O6S. The molecule has 1 aromatic carbocycles. The number of benzene rings is 1. The monoisotopic (exact) mass is 344 g/mol. The van der Waals surface area contributed by atoms with Gasteiger partial charge in [-0.3, -0.25) is 0 Å². The number of epoxide rings is 1. The summed E-state index contributed by atoms with van der Waals surface area (Å²) in [5.41, 5.74) is -0.833. The van der Waals surface area contributed by atoms with Crippen LogP contribution in [0.4, 0.5) is 0 Å². The summed E-state index contributed by atoms with van der Waals surface area (Å²) in [5.74, 6) is 0. The van der Waals surface area contributed by atoms with Crippen LogP contribution in [0.5, 0.6) is 0 Å². The van der Waals surface area contributed by atoms with E-state index in [1.54, 1.807) is 37.4 Å². The number of hydrogen-bond acceptors (Lipinski definition) is 6. The molecule has 0 aromatic heterocycles. The third-order valence-electron chi connectivity index (χ3n) is 3.60. The smallest absolute Gasteiger partial charge is 0.207 e. The zero-order chi connectivity index (χ0) is 16.7. The highest BCUT2D eigenvalue weighted by Gasteiger charge is 2.54. The molecule has 0 radical (unpaired) electrons. The second kappa shape index (κ2) is 8.75. The number of ether oxygens (including phenoxy) is 4. The van der Waals surface area contributed by atoms with Gasteiger partial charge >= 0.3 is 0 Å². The summed E-state index contributed by atoms with van der Waals surface area (Å²) in [6, 6.07) is 8.35. The van der Waals surface area contributed by atoms with Crippen LogP contribution in [0.15, 0.2) is 35.2 Å². The molecule has 2 rings (SSSR count). The summed E-state index contributed by atoms with van der Waals surface area (Å²) in [6.45, 7) is 3.05. The van der Waals surface area contributed by atoms with Gasteiger partial charge in [0.15, 0.2) is 5.44 Å². The lowest BCUT2D eigenvalue weighted by Crippen LogP contribution is -2.25. The number of sulfone groups is 1. The van der Waals surface area contributed by atoms with Crippen molar-refractivity contribution in [3.63, 3.8) is 0 Å². The first-order valence-electron chi connectivity index (χ1n) is 7.74. The zero-order valence-electron chi connectivity index (χ0n) is 13.5. The summed E-state index contributed by atoms with van der Waals surface area (Å²) < 4.78 is 46.2. The van der Waals surface area contributed by atoms with Crippen LogP contribution in [0.1, 0.15) is 19.8 Å². The van der Waals surface area contributed by atoms with Crippen molar-refractivity contribution in [2.45, 2.75) is 42.3 Å². The van der Waals surface area contributed by atoms with E-state index in [2.05, 4.69) is 0 Å². The first-order valence-corrected chi connectivity index (χ1v) is 9.28. The average molecular weight is 344 g/mol. The lowest BCUT2D eigenvalue weighted by atomic mass is 10.1. The molecule has 0 amide bonds. The van der Waals surface area contributed by atoms with Crippen molar-refractivity contribution in [2.75, 3.05) is 27.1 Å². The predicted molar refractivity (Wildman–Crippen MR) is 84.8 cm³/mol. The third-order valence-corrected chi connectivity index (χ3v) is 5.52. The Bertz CT molecular complexity index is 559. The molecule has 1 heterocycles. The largest absolute Gasteiger partial charge is 0.382 e. The van der Waals surface area contributed by atoms with Gasteiger partial charge in [-0.15, -0.1) is 0 Å². The predicted octanol–water partition coefficient (Wildman–Crippen LogP) is 1.99. The fourth-order valence-corrected chi connectivity index (χ4v) is 3.94. The Morgan fingerprint density at radius 3 is 2.61 bits per heavy atom. The molecule has 0 N–H and O–H groups in total. The van der Waals surface area contributed by atoms with Crippen molar-refractivity contribution in [1.82, 2.24) is 0 Å². The maximum atomic E-state index is 12.5. The topological polar surface area (TPSA) is 74.4 Å². The van der Waals surface area contributed by atoms with Gasteiger partial charge in [0.05, 0.1) is 24.2 Å². The van der Waals surface area contributed by atoms with Crippen LogP contribution in [-0.2, 0) is 28.8 Å². The maximum Gasteiger partial charge on any atom is 0.207 e. The van der Waals surface area contributed by atoms with E-state index in [9.17, 15) is 8.42 Å². The van der Waals surface area contributed by atoms with Crippen molar-refractivity contribution < 1.29 is 27.4 Å². The maximum absolute atomic E-state index is 12.5. The number of rotatable bonds is 11. The fraction of sp³-hybridized carbons (Fsp3) is 0.625. The number of methoxy groups -OCH3 is 1. The van der Waals surface area contributed by atoms with Gasteiger partial charge in [0.25, 0.3) is 0 Å². The Morgan fingerprint density at radius 1 is 1.22 bits per heavy atom. The van der Waals surface area contributed by atoms with Gasteiger partial charge in [-0.05, 0) is 18.6 Å². The zero-order valence-corrected chi connectivity index (χ0v) is 14.3. The summed E-state index contributed by atoms with van der Waals surface area (Å²) in [7, 11) is -1.88. The van der Waals surface area contributed by atoms with Crippen LogP contribution in [0.2, 0.25) is 0 Å². The van der Waals surface area contributed by atoms with Crippen molar-refractivity contribution in [3.8, 4) is 0 Å². The molecule has 0 aliphatic carbocycles. The van der Waals surface area contributed by atoms with Gasteiger partial charge in [-0.1, -0.05) is 31.5 Å². The van der Waals surface area contributed by atoms with E-state index < -0.39 is 21.4 Å². The summed E-state index contributed by atoms with van der Waals surface area (Å²) in [4.78, 5) is 0.277. The molecule has 7 heteroatoms. The standard InChI is InChI=1S/C16H24O6S/c1-3-7-14(21-12-20-11-10-19-2)15-16(22-15)23(17,18)13-8-5-4-6-9-13/h4-6,8-9,14-16H,3,7,10-12H2,1-2H3/t14-,15-,16-/m0/s1. The van der Waals surface area contributed by atoms with Gasteiger partial charge in [0.1, 0.15) is 12.9 Å². The van der Waals surface area contributed by atoms with Crippen LogP contribution >= 0.6 is 0 Å². The lowest BCUT2D eigenvalue weighted by Gasteiger charge is -2.15. The Morgan fingerprint density at radius 2 is 1.96 bits per heavy atom. The van der Waals surface area contributed by atoms with Crippen molar-refractivity contribution in [1.29, 1.82) is 0 Å². The van der Waals surface area contributed by atoms with Crippen LogP contribution in [0.3, 0.4) is 0 Å². The molecule has 0 unspecified atom stereocenters. The van der Waals surface area contributed by atoms with Crippen LogP contribution in [0, 0.1) is 0 Å². The summed E-state index contributed by atoms with van der Waals surface area (Å²) >= 11 is 0. The molecular weight excluding hydrogens is 320 g/mol. The van der Waals surface area contributed by atoms with Crippen molar-refractivity contribution in [3.05, 3.63) is 30.3 Å². The third kappa shape index (κ3) is 4.99. The minimum Gasteiger partial charge on any atom is -0.382 e. The highest BCUT2D eigenvalue weighted by Crippen LogP contribution is 2.37. The molecule has 3 atom stereocenters. The van der Waals surface area contributed by atoms with Gasteiger partial charge in [0, 0.05) is 7.11 Å². The molecule has 1 fully saturated rings. The molecule has 1 aromatic rings. The second-order valence-electron chi connectivity index (χ2n) is 5.34. The van der Waals surface area contributed by atoms with E-state index in [-0.39, 0.29) is 17.8 Å². The van der Waals surface area contributed by atoms with Crippen molar-refractivity contribution in [2.24, 2.45) is 0 Å². The quantitative estimate of drug-likeness (QED) is 0.347. The molecule has 1 aliphatic rings. The molecule has 6 nitrogen and oxygen atoms in total. The average Bonchev–Trinajstić information content (AvgIpc) is 3.36. The molecule has 23 heavy (non-hydrogen) atoms. The van der Waals surface area contributed by atoms with E-state index in [1.807, 2.05) is 6.92 Å². The molecule has 130 valence electrons. The second-order valence-corrected chi connectivity index (χ2v) is 7.37. The SMILES string of the molecule is CCC[C@H](OCOCCOC)[C@@H]1O[C@H]1S(=O)(=O)c1ccccc1. The Kier molecular flexibility index (Phi) is 6.98. The van der Waals surface area contributed by atoms with E-state index >= 15 is 0 Å².